The highest BCUT2D eigenvalue weighted by molar-refractivity contribution is 5.75. The molecule has 7 nitrogen and oxygen atoms in total. The van der Waals surface area contributed by atoms with E-state index in [1.165, 1.54) is 0 Å². The molecular formula is C22H25N5O2. The zero-order chi connectivity index (χ0) is 19.9. The minimum absolute atomic E-state index is 0.652. The van der Waals surface area contributed by atoms with Crippen LogP contribution >= 0.6 is 0 Å². The van der Waals surface area contributed by atoms with Crippen molar-refractivity contribution >= 4 is 28.7 Å². The Balaban J connectivity index is 1.48. The standard InChI is InChI=1S/C22H25N5O2/c1-2-29-18-9-7-17(8-10-18)25-21-15-22(24-16-23-21)26-19-5-3-4-6-20(19)27-11-13-28-14-12-27/h3-10,15-16H,2,11-14H2,1H3,(H2,23,24,25,26). The fourth-order valence-corrected chi connectivity index (χ4v) is 3.24. The average Bonchev–Trinajstić information content (AvgIpc) is 2.77. The molecule has 1 fully saturated rings. The maximum atomic E-state index is 5.48. The molecule has 3 aromatic rings. The minimum atomic E-state index is 0.652. The van der Waals surface area contributed by atoms with Gasteiger partial charge in [0.05, 0.1) is 31.2 Å². The van der Waals surface area contributed by atoms with Gasteiger partial charge in [0.15, 0.2) is 0 Å². The largest absolute Gasteiger partial charge is 0.494 e. The van der Waals surface area contributed by atoms with Crippen molar-refractivity contribution in [3.8, 4) is 5.75 Å². The first-order valence-corrected chi connectivity index (χ1v) is 9.82. The van der Waals surface area contributed by atoms with Gasteiger partial charge >= 0.3 is 0 Å². The van der Waals surface area contributed by atoms with Crippen molar-refractivity contribution in [1.82, 2.24) is 9.97 Å². The fraction of sp³-hybridized carbons (Fsp3) is 0.273. The van der Waals surface area contributed by atoms with Gasteiger partial charge in [0, 0.05) is 24.8 Å². The summed E-state index contributed by atoms with van der Waals surface area (Å²) in [5.74, 6) is 2.30. The van der Waals surface area contributed by atoms with E-state index in [4.69, 9.17) is 9.47 Å². The Morgan fingerprint density at radius 3 is 2.45 bits per heavy atom. The molecule has 0 spiro atoms. The molecular weight excluding hydrogens is 366 g/mol. The number of aromatic nitrogens is 2. The van der Waals surface area contributed by atoms with Gasteiger partial charge in [-0.05, 0) is 43.3 Å². The van der Waals surface area contributed by atoms with Gasteiger partial charge in [0.1, 0.15) is 23.7 Å². The van der Waals surface area contributed by atoms with E-state index in [1.54, 1.807) is 6.33 Å². The van der Waals surface area contributed by atoms with Crippen molar-refractivity contribution in [3.05, 3.63) is 60.9 Å². The fourth-order valence-electron chi connectivity index (χ4n) is 3.24. The molecule has 1 aromatic heterocycles. The second kappa shape index (κ2) is 9.25. The molecule has 4 rings (SSSR count). The quantitative estimate of drug-likeness (QED) is 0.625. The summed E-state index contributed by atoms with van der Waals surface area (Å²) in [6.45, 7) is 5.88. The van der Waals surface area contributed by atoms with Crippen LogP contribution in [0.2, 0.25) is 0 Å². The van der Waals surface area contributed by atoms with Gasteiger partial charge in [0.2, 0.25) is 0 Å². The zero-order valence-electron chi connectivity index (χ0n) is 16.5. The topological polar surface area (TPSA) is 71.5 Å². The molecule has 0 aliphatic carbocycles. The van der Waals surface area contributed by atoms with Crippen LogP contribution in [0.3, 0.4) is 0 Å². The second-order valence-corrected chi connectivity index (χ2v) is 6.61. The summed E-state index contributed by atoms with van der Waals surface area (Å²) in [6.07, 6.45) is 1.55. The van der Waals surface area contributed by atoms with Gasteiger partial charge in [-0.2, -0.15) is 0 Å². The number of nitrogens with zero attached hydrogens (tertiary/aromatic N) is 3. The van der Waals surface area contributed by atoms with Crippen LogP contribution in [0.1, 0.15) is 6.92 Å². The third-order valence-corrected chi connectivity index (χ3v) is 4.62. The van der Waals surface area contributed by atoms with Crippen molar-refractivity contribution in [1.29, 1.82) is 0 Å². The molecule has 1 aliphatic rings. The van der Waals surface area contributed by atoms with E-state index in [0.29, 0.717) is 6.61 Å². The van der Waals surface area contributed by atoms with Crippen LogP contribution < -0.4 is 20.3 Å². The molecule has 0 radical (unpaired) electrons. The predicted octanol–water partition coefficient (Wildman–Crippen LogP) is 4.20. The molecule has 0 amide bonds. The number of anilines is 5. The zero-order valence-corrected chi connectivity index (χ0v) is 16.5. The summed E-state index contributed by atoms with van der Waals surface area (Å²) in [5.41, 5.74) is 3.10. The maximum absolute atomic E-state index is 5.48. The Labute approximate surface area is 170 Å². The lowest BCUT2D eigenvalue weighted by Crippen LogP contribution is -2.36. The normalized spacial score (nSPS) is 13.8. The molecule has 7 heteroatoms. The van der Waals surface area contributed by atoms with E-state index < -0.39 is 0 Å². The van der Waals surface area contributed by atoms with Gasteiger partial charge in [0.25, 0.3) is 0 Å². The van der Waals surface area contributed by atoms with E-state index in [-0.39, 0.29) is 0 Å². The van der Waals surface area contributed by atoms with Crippen molar-refractivity contribution in [3.63, 3.8) is 0 Å². The van der Waals surface area contributed by atoms with Gasteiger partial charge in [-0.1, -0.05) is 12.1 Å². The number of hydrogen-bond donors (Lipinski definition) is 2. The van der Waals surface area contributed by atoms with Crippen molar-refractivity contribution in [2.24, 2.45) is 0 Å². The first-order chi connectivity index (χ1) is 14.3. The summed E-state index contributed by atoms with van der Waals surface area (Å²) in [6, 6.07) is 18.0. The lowest BCUT2D eigenvalue weighted by molar-refractivity contribution is 0.123. The molecule has 2 N–H and O–H groups in total. The van der Waals surface area contributed by atoms with Crippen LogP contribution in [-0.2, 0) is 4.74 Å². The van der Waals surface area contributed by atoms with Crippen molar-refractivity contribution in [2.45, 2.75) is 6.92 Å². The molecule has 2 aromatic carbocycles. The van der Waals surface area contributed by atoms with Crippen LogP contribution in [0.5, 0.6) is 5.75 Å². The number of benzene rings is 2. The average molecular weight is 391 g/mol. The number of morpholine rings is 1. The molecule has 29 heavy (non-hydrogen) atoms. The highest BCUT2D eigenvalue weighted by atomic mass is 16.5. The SMILES string of the molecule is CCOc1ccc(Nc2cc(Nc3ccccc3N3CCOCC3)ncn2)cc1. The van der Waals surface area contributed by atoms with E-state index in [9.17, 15) is 0 Å². The predicted molar refractivity (Wildman–Crippen MR) is 116 cm³/mol. The highest BCUT2D eigenvalue weighted by Crippen LogP contribution is 2.29. The summed E-state index contributed by atoms with van der Waals surface area (Å²) in [7, 11) is 0. The van der Waals surface area contributed by atoms with E-state index in [1.807, 2.05) is 43.3 Å². The Hall–Kier alpha value is -3.32. The summed E-state index contributed by atoms with van der Waals surface area (Å²) >= 11 is 0. The third kappa shape index (κ3) is 4.94. The molecule has 0 bridgehead atoms. The first kappa shape index (κ1) is 19.0. The molecule has 0 unspecified atom stereocenters. The number of hydrogen-bond acceptors (Lipinski definition) is 7. The maximum Gasteiger partial charge on any atom is 0.135 e. The van der Waals surface area contributed by atoms with Crippen LogP contribution in [0.4, 0.5) is 28.7 Å². The number of nitrogens with one attached hydrogen (secondary N) is 2. The molecule has 1 aliphatic heterocycles. The lowest BCUT2D eigenvalue weighted by Gasteiger charge is -2.30. The van der Waals surface area contributed by atoms with Crippen LogP contribution in [0.15, 0.2) is 60.9 Å². The summed E-state index contributed by atoms with van der Waals surface area (Å²) in [4.78, 5) is 11.0. The van der Waals surface area contributed by atoms with Gasteiger partial charge in [-0.3, -0.25) is 0 Å². The van der Waals surface area contributed by atoms with Gasteiger partial charge in [-0.15, -0.1) is 0 Å². The Kier molecular flexibility index (Phi) is 6.07. The van der Waals surface area contributed by atoms with Crippen LogP contribution in [-0.4, -0.2) is 42.9 Å². The third-order valence-electron chi connectivity index (χ3n) is 4.62. The monoisotopic (exact) mass is 391 g/mol. The van der Waals surface area contributed by atoms with Crippen LogP contribution in [0.25, 0.3) is 0 Å². The smallest absolute Gasteiger partial charge is 0.135 e. The number of rotatable bonds is 7. The molecule has 2 heterocycles. The van der Waals surface area contributed by atoms with Crippen molar-refractivity contribution < 1.29 is 9.47 Å². The molecule has 0 saturated carbocycles. The first-order valence-electron chi connectivity index (χ1n) is 9.82. The highest BCUT2D eigenvalue weighted by Gasteiger charge is 2.14. The molecule has 0 atom stereocenters. The number of para-hydroxylation sites is 2. The van der Waals surface area contributed by atoms with Gasteiger partial charge in [-0.25, -0.2) is 9.97 Å². The second-order valence-electron chi connectivity index (χ2n) is 6.61. The minimum Gasteiger partial charge on any atom is -0.494 e. The Morgan fingerprint density at radius 1 is 0.966 bits per heavy atom. The van der Waals surface area contributed by atoms with Crippen molar-refractivity contribution in [2.75, 3.05) is 48.4 Å². The van der Waals surface area contributed by atoms with E-state index in [0.717, 1.165) is 60.8 Å². The summed E-state index contributed by atoms with van der Waals surface area (Å²) in [5, 5.41) is 6.73. The van der Waals surface area contributed by atoms with E-state index in [2.05, 4.69) is 43.7 Å². The molecule has 150 valence electrons. The summed E-state index contributed by atoms with van der Waals surface area (Å²) < 4.78 is 11.0. The molecule has 1 saturated heterocycles. The number of ether oxygens (including phenoxy) is 2. The van der Waals surface area contributed by atoms with Crippen LogP contribution in [0, 0.1) is 0 Å². The van der Waals surface area contributed by atoms with Gasteiger partial charge < -0.3 is 25.0 Å². The Morgan fingerprint density at radius 2 is 1.69 bits per heavy atom. The Bertz CT molecular complexity index is 926. The van der Waals surface area contributed by atoms with E-state index >= 15 is 0 Å². The lowest BCUT2D eigenvalue weighted by atomic mass is 10.2.